The van der Waals surface area contributed by atoms with E-state index < -0.39 is 0 Å². The third-order valence-electron chi connectivity index (χ3n) is 3.78. The molecule has 0 N–H and O–H groups in total. The smallest absolute Gasteiger partial charge is 0.225 e. The molecule has 3 heterocycles. The zero-order valence-corrected chi connectivity index (χ0v) is 12.1. The number of rotatable bonds is 3. The number of para-hydroxylation sites is 2. The molecule has 1 aliphatic heterocycles. The van der Waals surface area contributed by atoms with Crippen molar-refractivity contribution >= 4 is 29.2 Å². The minimum atomic E-state index is 0.588. The van der Waals surface area contributed by atoms with Crippen molar-refractivity contribution in [1.82, 2.24) is 15.0 Å². The van der Waals surface area contributed by atoms with Gasteiger partial charge in [-0.1, -0.05) is 12.1 Å². The molecule has 110 valence electrons. The minimum absolute atomic E-state index is 0.588. The highest BCUT2D eigenvalue weighted by Gasteiger charge is 2.14. The van der Waals surface area contributed by atoms with E-state index in [1.165, 1.54) is 12.8 Å². The lowest BCUT2D eigenvalue weighted by atomic mass is 10.3. The number of nitrogens with zero attached hydrogens (tertiary/aromatic N) is 4. The highest BCUT2D eigenvalue weighted by Crippen LogP contribution is 2.18. The Balaban J connectivity index is 1.52. The summed E-state index contributed by atoms with van der Waals surface area (Å²) in [6.45, 7) is 2.11. The van der Waals surface area contributed by atoms with Crippen LogP contribution in [0.15, 0.2) is 41.1 Å². The molecule has 0 spiro atoms. The lowest BCUT2D eigenvalue weighted by Gasteiger charge is -2.14. The van der Waals surface area contributed by atoms with Crippen LogP contribution in [0.5, 0.6) is 0 Å². The van der Waals surface area contributed by atoms with Crippen molar-refractivity contribution in [2.75, 3.05) is 18.0 Å². The van der Waals surface area contributed by atoms with Crippen molar-refractivity contribution in [3.05, 3.63) is 48.1 Å². The molecule has 3 aromatic rings. The maximum Gasteiger partial charge on any atom is 0.225 e. The molecule has 0 amide bonds. The van der Waals surface area contributed by atoms with Crippen LogP contribution < -0.4 is 4.90 Å². The molecule has 0 unspecified atom stereocenters. The van der Waals surface area contributed by atoms with Crippen molar-refractivity contribution in [3.8, 4) is 0 Å². The minimum Gasteiger partial charge on any atom is -0.437 e. The average molecular weight is 292 g/mol. The molecule has 5 nitrogen and oxygen atoms in total. The van der Waals surface area contributed by atoms with E-state index >= 15 is 0 Å². The molecular formula is C17H16N4O. The summed E-state index contributed by atoms with van der Waals surface area (Å²) in [5.74, 6) is 1.40. The average Bonchev–Trinajstić information content (AvgIpc) is 3.22. The predicted octanol–water partition coefficient (Wildman–Crippen LogP) is 3.39. The van der Waals surface area contributed by atoms with Gasteiger partial charge in [0, 0.05) is 37.1 Å². The van der Waals surface area contributed by atoms with Crippen molar-refractivity contribution in [1.29, 1.82) is 0 Å². The van der Waals surface area contributed by atoms with Gasteiger partial charge >= 0.3 is 0 Å². The Kier molecular flexibility index (Phi) is 3.31. The molecular weight excluding hydrogens is 276 g/mol. The number of hydrogen-bond acceptors (Lipinski definition) is 5. The first-order valence-electron chi connectivity index (χ1n) is 7.49. The number of oxazole rings is 1. The highest BCUT2D eigenvalue weighted by atomic mass is 16.3. The Morgan fingerprint density at radius 3 is 2.55 bits per heavy atom. The molecule has 0 saturated carbocycles. The Labute approximate surface area is 128 Å². The van der Waals surface area contributed by atoms with E-state index in [-0.39, 0.29) is 0 Å². The Morgan fingerprint density at radius 2 is 1.77 bits per heavy atom. The Hall–Kier alpha value is -2.69. The number of anilines is 1. The fourth-order valence-corrected chi connectivity index (χ4v) is 2.63. The maximum atomic E-state index is 5.65. The molecule has 0 bridgehead atoms. The van der Waals surface area contributed by atoms with E-state index in [0.717, 1.165) is 35.7 Å². The van der Waals surface area contributed by atoms with E-state index in [4.69, 9.17) is 4.42 Å². The molecule has 1 aliphatic rings. The summed E-state index contributed by atoms with van der Waals surface area (Å²) < 4.78 is 5.65. The van der Waals surface area contributed by atoms with Crippen LogP contribution >= 0.6 is 0 Å². The molecule has 1 aromatic carbocycles. The Bertz CT molecular complexity index is 768. The van der Waals surface area contributed by atoms with Gasteiger partial charge < -0.3 is 9.32 Å². The summed E-state index contributed by atoms with van der Waals surface area (Å²) in [4.78, 5) is 15.5. The summed E-state index contributed by atoms with van der Waals surface area (Å²) in [5, 5.41) is 0. The molecule has 0 aliphatic carbocycles. The van der Waals surface area contributed by atoms with Gasteiger partial charge in [0.05, 0.1) is 0 Å². The van der Waals surface area contributed by atoms with Crippen LogP contribution in [-0.4, -0.2) is 28.0 Å². The van der Waals surface area contributed by atoms with Gasteiger partial charge in [-0.2, -0.15) is 0 Å². The van der Waals surface area contributed by atoms with E-state index in [0.29, 0.717) is 5.89 Å². The van der Waals surface area contributed by atoms with E-state index in [2.05, 4.69) is 19.9 Å². The normalized spacial score (nSPS) is 15.2. The van der Waals surface area contributed by atoms with Crippen LogP contribution in [-0.2, 0) is 0 Å². The molecule has 5 heteroatoms. The zero-order valence-electron chi connectivity index (χ0n) is 12.1. The topological polar surface area (TPSA) is 55.1 Å². The van der Waals surface area contributed by atoms with Crippen molar-refractivity contribution in [2.45, 2.75) is 12.8 Å². The molecule has 22 heavy (non-hydrogen) atoms. The molecule has 4 rings (SSSR count). The first-order chi connectivity index (χ1) is 10.9. The maximum absolute atomic E-state index is 5.65. The summed E-state index contributed by atoms with van der Waals surface area (Å²) in [5.41, 5.74) is 2.59. The third kappa shape index (κ3) is 2.57. The Morgan fingerprint density at radius 1 is 1.00 bits per heavy atom. The van der Waals surface area contributed by atoms with Gasteiger partial charge in [0.1, 0.15) is 5.52 Å². The second kappa shape index (κ2) is 5.60. The molecule has 1 saturated heterocycles. The van der Waals surface area contributed by atoms with Crippen LogP contribution in [0.25, 0.3) is 23.3 Å². The first-order valence-corrected chi connectivity index (χ1v) is 7.49. The summed E-state index contributed by atoms with van der Waals surface area (Å²) in [7, 11) is 0. The zero-order chi connectivity index (χ0) is 14.8. The van der Waals surface area contributed by atoms with E-state index in [1.807, 2.05) is 48.8 Å². The lowest BCUT2D eigenvalue weighted by Crippen LogP contribution is -2.20. The van der Waals surface area contributed by atoms with Gasteiger partial charge in [-0.15, -0.1) is 0 Å². The summed E-state index contributed by atoms with van der Waals surface area (Å²) in [6.07, 6.45) is 9.87. The molecule has 1 fully saturated rings. The molecule has 0 radical (unpaired) electrons. The van der Waals surface area contributed by atoms with Gasteiger partial charge in [0.2, 0.25) is 11.8 Å². The van der Waals surface area contributed by atoms with Crippen LogP contribution in [0.1, 0.15) is 24.3 Å². The van der Waals surface area contributed by atoms with Crippen molar-refractivity contribution in [2.24, 2.45) is 0 Å². The number of aromatic nitrogens is 3. The highest BCUT2D eigenvalue weighted by molar-refractivity contribution is 5.75. The van der Waals surface area contributed by atoms with E-state index in [1.54, 1.807) is 0 Å². The number of fused-ring (bicyclic) bond motifs is 1. The predicted molar refractivity (Wildman–Crippen MR) is 86.4 cm³/mol. The number of hydrogen-bond donors (Lipinski definition) is 0. The molecule has 0 atom stereocenters. The van der Waals surface area contributed by atoms with Crippen LogP contribution in [0.3, 0.4) is 0 Å². The van der Waals surface area contributed by atoms with Crippen LogP contribution in [0.2, 0.25) is 0 Å². The monoisotopic (exact) mass is 292 g/mol. The standard InChI is InChI=1S/C17H16N4O/c1-2-6-15-14(5-1)20-16(22-15)8-7-13-11-18-17(19-12-13)21-9-3-4-10-21/h1-2,5-8,11-12H,3-4,9-10H2/b8-7-. The second-order valence-electron chi connectivity index (χ2n) is 5.36. The fraction of sp³-hybridized carbons (Fsp3) is 0.235. The quantitative estimate of drug-likeness (QED) is 0.740. The molecule has 2 aromatic heterocycles. The van der Waals surface area contributed by atoms with Crippen molar-refractivity contribution < 1.29 is 4.42 Å². The number of benzene rings is 1. The largest absolute Gasteiger partial charge is 0.437 e. The van der Waals surface area contributed by atoms with Gasteiger partial charge in [-0.25, -0.2) is 15.0 Å². The van der Waals surface area contributed by atoms with E-state index in [9.17, 15) is 0 Å². The first kappa shape index (κ1) is 13.0. The fourth-order valence-electron chi connectivity index (χ4n) is 2.63. The summed E-state index contributed by atoms with van der Waals surface area (Å²) in [6, 6.07) is 7.73. The third-order valence-corrected chi connectivity index (χ3v) is 3.78. The van der Waals surface area contributed by atoms with Crippen molar-refractivity contribution in [3.63, 3.8) is 0 Å². The van der Waals surface area contributed by atoms with Gasteiger partial charge in [0.25, 0.3) is 0 Å². The lowest BCUT2D eigenvalue weighted by molar-refractivity contribution is 0.589. The van der Waals surface area contributed by atoms with Gasteiger partial charge in [0.15, 0.2) is 5.58 Å². The van der Waals surface area contributed by atoms with Gasteiger partial charge in [-0.05, 0) is 31.1 Å². The summed E-state index contributed by atoms with van der Waals surface area (Å²) >= 11 is 0. The van der Waals surface area contributed by atoms with Gasteiger partial charge in [-0.3, -0.25) is 0 Å². The van der Waals surface area contributed by atoms with Crippen LogP contribution in [0.4, 0.5) is 5.95 Å². The second-order valence-corrected chi connectivity index (χ2v) is 5.36. The van der Waals surface area contributed by atoms with Crippen LogP contribution in [0, 0.1) is 0 Å². The SMILES string of the molecule is C(=C/c1nc2ccccc2o1)/c1cnc(N2CCCC2)nc1.